The molecule has 0 aliphatic carbocycles. The third-order valence-corrected chi connectivity index (χ3v) is 3.98. The van der Waals surface area contributed by atoms with Crippen LogP contribution in [0.4, 0.5) is 17.1 Å². The number of hydrogen-bond acceptors (Lipinski definition) is 5. The fourth-order valence-corrected chi connectivity index (χ4v) is 2.50. The molecule has 112 valence electrons. The number of sulfonamides is 1. The van der Waals surface area contributed by atoms with Crippen LogP contribution in [0.3, 0.4) is 0 Å². The van der Waals surface area contributed by atoms with Crippen molar-refractivity contribution in [1.82, 2.24) is 0 Å². The van der Waals surface area contributed by atoms with Crippen LogP contribution >= 0.6 is 0 Å². The Hall–Kier alpha value is -2.25. The van der Waals surface area contributed by atoms with Gasteiger partial charge >= 0.3 is 0 Å². The zero-order chi connectivity index (χ0) is 15.6. The van der Waals surface area contributed by atoms with E-state index in [9.17, 15) is 8.42 Å². The first-order chi connectivity index (χ1) is 9.81. The molecule has 4 N–H and O–H groups in total. The van der Waals surface area contributed by atoms with E-state index in [1.807, 2.05) is 36.2 Å². The first-order valence-corrected chi connectivity index (χ1v) is 7.67. The minimum Gasteiger partial charge on any atom is -0.497 e. The SMILES string of the molecule is COc1ccc(N(C)c2cc(N)cc(S(N)(=O)=O)c2)cc1. The summed E-state index contributed by atoms with van der Waals surface area (Å²) in [7, 11) is -0.400. The molecule has 7 heteroatoms. The Balaban J connectivity index is 2.42. The quantitative estimate of drug-likeness (QED) is 0.838. The molecule has 0 bridgehead atoms. The Kier molecular flexibility index (Phi) is 4.06. The highest BCUT2D eigenvalue weighted by atomic mass is 32.2. The Morgan fingerprint density at radius 2 is 1.67 bits per heavy atom. The summed E-state index contributed by atoms with van der Waals surface area (Å²) in [6.45, 7) is 0. The summed E-state index contributed by atoms with van der Waals surface area (Å²) in [6.07, 6.45) is 0. The number of nitrogens with two attached hydrogens (primary N) is 2. The average Bonchev–Trinajstić information content (AvgIpc) is 2.45. The molecular weight excluding hydrogens is 290 g/mol. The van der Waals surface area contributed by atoms with Crippen molar-refractivity contribution in [2.24, 2.45) is 5.14 Å². The predicted molar refractivity (Wildman–Crippen MR) is 83.3 cm³/mol. The lowest BCUT2D eigenvalue weighted by Gasteiger charge is -2.21. The molecule has 0 spiro atoms. The second-order valence-electron chi connectivity index (χ2n) is 4.56. The second-order valence-corrected chi connectivity index (χ2v) is 6.12. The third kappa shape index (κ3) is 3.45. The second kappa shape index (κ2) is 5.63. The summed E-state index contributed by atoms with van der Waals surface area (Å²) in [4.78, 5) is 1.79. The lowest BCUT2D eigenvalue weighted by atomic mass is 10.2. The van der Waals surface area contributed by atoms with Crippen molar-refractivity contribution in [2.75, 3.05) is 24.8 Å². The molecule has 2 aromatic carbocycles. The van der Waals surface area contributed by atoms with Crippen LogP contribution in [0.25, 0.3) is 0 Å². The molecule has 21 heavy (non-hydrogen) atoms. The Morgan fingerprint density at radius 1 is 1.05 bits per heavy atom. The maximum atomic E-state index is 11.5. The number of nitrogen functional groups attached to an aromatic ring is 1. The summed E-state index contributed by atoms with van der Waals surface area (Å²) < 4.78 is 28.0. The van der Waals surface area contributed by atoms with Crippen LogP contribution in [-0.2, 0) is 10.0 Å². The van der Waals surface area contributed by atoms with Gasteiger partial charge in [-0.25, -0.2) is 13.6 Å². The molecular formula is C14H17N3O3S. The van der Waals surface area contributed by atoms with Gasteiger partial charge in [0.05, 0.1) is 12.0 Å². The van der Waals surface area contributed by atoms with E-state index >= 15 is 0 Å². The zero-order valence-corrected chi connectivity index (χ0v) is 12.6. The molecule has 6 nitrogen and oxygen atoms in total. The van der Waals surface area contributed by atoms with Gasteiger partial charge in [0.25, 0.3) is 0 Å². The van der Waals surface area contributed by atoms with Crippen LogP contribution in [0.15, 0.2) is 47.4 Å². The molecule has 0 aliphatic rings. The van der Waals surface area contributed by atoms with Gasteiger partial charge in [-0.2, -0.15) is 0 Å². The maximum absolute atomic E-state index is 11.5. The van der Waals surface area contributed by atoms with Crippen LogP contribution in [0, 0.1) is 0 Å². The number of primary sulfonamides is 1. The van der Waals surface area contributed by atoms with Crippen molar-refractivity contribution in [2.45, 2.75) is 4.90 Å². The van der Waals surface area contributed by atoms with Crippen molar-refractivity contribution in [3.8, 4) is 5.75 Å². The number of benzene rings is 2. The highest BCUT2D eigenvalue weighted by molar-refractivity contribution is 7.89. The van der Waals surface area contributed by atoms with Gasteiger partial charge in [0.1, 0.15) is 5.75 Å². The number of nitrogens with zero attached hydrogens (tertiary/aromatic N) is 1. The van der Waals surface area contributed by atoms with Crippen LogP contribution in [0.5, 0.6) is 5.75 Å². The first-order valence-electron chi connectivity index (χ1n) is 6.12. The molecule has 0 aliphatic heterocycles. The maximum Gasteiger partial charge on any atom is 0.238 e. The van der Waals surface area contributed by atoms with Crippen molar-refractivity contribution >= 4 is 27.1 Å². The molecule has 0 saturated carbocycles. The molecule has 0 atom stereocenters. The number of methoxy groups -OCH3 is 1. The van der Waals surface area contributed by atoms with E-state index in [1.54, 1.807) is 13.2 Å². The van der Waals surface area contributed by atoms with Gasteiger partial charge in [-0.15, -0.1) is 0 Å². The smallest absolute Gasteiger partial charge is 0.238 e. The first kappa shape index (κ1) is 15.1. The average molecular weight is 307 g/mol. The summed E-state index contributed by atoms with van der Waals surface area (Å²) in [6, 6.07) is 11.9. The van der Waals surface area contributed by atoms with Gasteiger partial charge in [-0.05, 0) is 42.5 Å². The normalized spacial score (nSPS) is 11.2. The monoisotopic (exact) mass is 307 g/mol. The van der Waals surface area contributed by atoms with E-state index in [-0.39, 0.29) is 4.90 Å². The molecule has 2 rings (SSSR count). The van der Waals surface area contributed by atoms with Crippen LogP contribution in [0.1, 0.15) is 0 Å². The van der Waals surface area contributed by atoms with Crippen LogP contribution in [-0.4, -0.2) is 22.6 Å². The van der Waals surface area contributed by atoms with Gasteiger partial charge in [0.2, 0.25) is 10.0 Å². The Labute approximate surface area is 124 Å². The summed E-state index contributed by atoms with van der Waals surface area (Å²) in [5.41, 5.74) is 7.57. The largest absolute Gasteiger partial charge is 0.497 e. The van der Waals surface area contributed by atoms with E-state index in [2.05, 4.69) is 0 Å². The fourth-order valence-electron chi connectivity index (χ4n) is 1.92. The van der Waals surface area contributed by atoms with Gasteiger partial charge in [-0.1, -0.05) is 0 Å². The molecule has 0 fully saturated rings. The highest BCUT2D eigenvalue weighted by Crippen LogP contribution is 2.29. The van der Waals surface area contributed by atoms with Gasteiger partial charge in [0, 0.05) is 24.1 Å². The topological polar surface area (TPSA) is 98.7 Å². The Morgan fingerprint density at radius 3 is 2.19 bits per heavy atom. The van der Waals surface area contributed by atoms with E-state index in [0.717, 1.165) is 11.4 Å². The van der Waals surface area contributed by atoms with Gasteiger partial charge < -0.3 is 15.4 Å². The lowest BCUT2D eigenvalue weighted by molar-refractivity contribution is 0.415. The fraction of sp³-hybridized carbons (Fsp3) is 0.143. The van der Waals surface area contributed by atoms with Gasteiger partial charge in [0.15, 0.2) is 0 Å². The standard InChI is InChI=1S/C14H17N3O3S/c1-17(11-3-5-13(20-2)6-4-11)12-7-10(15)8-14(9-12)21(16,18)19/h3-9H,15H2,1-2H3,(H2,16,18,19). The zero-order valence-electron chi connectivity index (χ0n) is 11.8. The molecule has 2 aromatic rings. The van der Waals surface area contributed by atoms with Crippen molar-refractivity contribution in [3.05, 3.63) is 42.5 Å². The van der Waals surface area contributed by atoms with Crippen molar-refractivity contribution in [1.29, 1.82) is 0 Å². The molecule has 0 unspecified atom stereocenters. The number of anilines is 3. The summed E-state index contributed by atoms with van der Waals surface area (Å²) in [5, 5.41) is 5.15. The molecule has 0 saturated heterocycles. The number of hydrogen-bond donors (Lipinski definition) is 2. The minimum absolute atomic E-state index is 0.0159. The highest BCUT2D eigenvalue weighted by Gasteiger charge is 2.13. The third-order valence-electron chi connectivity index (χ3n) is 3.09. The van der Waals surface area contributed by atoms with E-state index in [4.69, 9.17) is 15.6 Å². The lowest BCUT2D eigenvalue weighted by Crippen LogP contribution is -2.15. The number of ether oxygens (including phenoxy) is 1. The van der Waals surface area contributed by atoms with Crippen molar-refractivity contribution in [3.63, 3.8) is 0 Å². The molecule has 0 aromatic heterocycles. The molecule has 0 amide bonds. The van der Waals surface area contributed by atoms with Crippen LogP contribution in [0.2, 0.25) is 0 Å². The summed E-state index contributed by atoms with van der Waals surface area (Å²) >= 11 is 0. The van der Waals surface area contributed by atoms with E-state index in [0.29, 0.717) is 11.4 Å². The van der Waals surface area contributed by atoms with Crippen molar-refractivity contribution < 1.29 is 13.2 Å². The molecule has 0 heterocycles. The minimum atomic E-state index is -3.80. The Bertz CT molecular complexity index is 743. The van der Waals surface area contributed by atoms with Crippen LogP contribution < -0.4 is 20.5 Å². The van der Waals surface area contributed by atoms with Gasteiger partial charge in [-0.3, -0.25) is 0 Å². The summed E-state index contributed by atoms with van der Waals surface area (Å²) in [5.74, 6) is 0.741. The predicted octanol–water partition coefficient (Wildman–Crippen LogP) is 1.69. The van der Waals surface area contributed by atoms with E-state index in [1.165, 1.54) is 12.1 Å². The number of rotatable bonds is 4. The van der Waals surface area contributed by atoms with E-state index < -0.39 is 10.0 Å². The molecule has 0 radical (unpaired) electrons.